The van der Waals surface area contributed by atoms with Crippen molar-refractivity contribution in [3.63, 3.8) is 0 Å². The van der Waals surface area contributed by atoms with Gasteiger partial charge in [0, 0.05) is 26.5 Å². The fourth-order valence-electron chi connectivity index (χ4n) is 1.64. The van der Waals surface area contributed by atoms with Crippen LogP contribution in [0.1, 0.15) is 11.1 Å². The molecule has 0 atom stereocenters. The monoisotopic (exact) mass is 381 g/mol. The Morgan fingerprint density at radius 1 is 1.26 bits per heavy atom. The molecule has 0 aliphatic carbocycles. The van der Waals surface area contributed by atoms with Crippen molar-refractivity contribution in [2.24, 2.45) is 5.73 Å². The summed E-state index contributed by atoms with van der Waals surface area (Å²) >= 11 is 8.15. The second kappa shape index (κ2) is 6.04. The summed E-state index contributed by atoms with van der Waals surface area (Å²) in [6.45, 7) is 0. The molecule has 0 bridgehead atoms. The zero-order valence-corrected chi connectivity index (χ0v) is 12.7. The topological polar surface area (TPSA) is 62.7 Å². The van der Waals surface area contributed by atoms with Gasteiger partial charge in [-0.15, -0.1) is 0 Å². The van der Waals surface area contributed by atoms with Crippen molar-refractivity contribution in [1.82, 2.24) is 4.98 Å². The molecular weight excluding hydrogens is 373 g/mol. The van der Waals surface area contributed by atoms with Crippen molar-refractivity contribution >= 4 is 45.5 Å². The van der Waals surface area contributed by atoms with Crippen molar-refractivity contribution in [2.75, 3.05) is 0 Å². The number of halogens is 2. The number of benzene rings is 1. The Morgan fingerprint density at radius 2 is 1.95 bits per heavy atom. The van der Waals surface area contributed by atoms with Crippen molar-refractivity contribution in [3.05, 3.63) is 62.4 Å². The van der Waals surface area contributed by atoms with Crippen LogP contribution < -0.4 is 5.73 Å². The third kappa shape index (κ3) is 3.06. The molecule has 2 aromatic rings. The van der Waals surface area contributed by atoms with Gasteiger partial charge in [-0.05, 0) is 58.5 Å². The average molecular weight is 382 g/mol. The van der Waals surface area contributed by atoms with E-state index in [1.165, 1.54) is 0 Å². The highest BCUT2D eigenvalue weighted by atomic mass is 127. The Kier molecular flexibility index (Phi) is 4.40. The van der Waals surface area contributed by atoms with Gasteiger partial charge in [-0.1, -0.05) is 11.6 Å². The molecule has 0 saturated carbocycles. The third-order valence-electron chi connectivity index (χ3n) is 2.57. The van der Waals surface area contributed by atoms with E-state index in [0.717, 1.165) is 14.7 Å². The molecule has 1 heterocycles. The highest BCUT2D eigenvalue weighted by molar-refractivity contribution is 14.1. The lowest BCUT2D eigenvalue weighted by Gasteiger charge is -2.08. The molecular formula is C14H9ClIN3. The third-order valence-corrected chi connectivity index (χ3v) is 3.74. The summed E-state index contributed by atoms with van der Waals surface area (Å²) < 4.78 is 0.946. The van der Waals surface area contributed by atoms with Gasteiger partial charge in [-0.25, -0.2) is 0 Å². The van der Waals surface area contributed by atoms with E-state index in [2.05, 4.69) is 33.6 Å². The number of nitrogens with two attached hydrogens (primary N) is 1. The standard InChI is InChI=1S/C14H9ClIN3/c15-10-1-2-13(16)11(7-10)14(18)12(8-17)9-3-5-19-6-4-9/h1-7H,18H2/b14-12-. The molecule has 2 N–H and O–H groups in total. The minimum Gasteiger partial charge on any atom is -0.397 e. The van der Waals surface area contributed by atoms with Crippen molar-refractivity contribution in [3.8, 4) is 6.07 Å². The summed E-state index contributed by atoms with van der Waals surface area (Å²) in [6, 6.07) is 11.1. The van der Waals surface area contributed by atoms with Crippen LogP contribution in [0.5, 0.6) is 0 Å². The highest BCUT2D eigenvalue weighted by Gasteiger charge is 2.11. The van der Waals surface area contributed by atoms with Gasteiger partial charge in [0.2, 0.25) is 0 Å². The van der Waals surface area contributed by atoms with E-state index in [4.69, 9.17) is 17.3 Å². The summed E-state index contributed by atoms with van der Waals surface area (Å²) in [4.78, 5) is 3.93. The van der Waals surface area contributed by atoms with Gasteiger partial charge in [0.1, 0.15) is 6.07 Å². The molecule has 0 amide bonds. The normalized spacial score (nSPS) is 11.6. The summed E-state index contributed by atoms with van der Waals surface area (Å²) in [5, 5.41) is 9.92. The first kappa shape index (κ1) is 13.8. The van der Waals surface area contributed by atoms with Crippen LogP contribution in [0, 0.1) is 14.9 Å². The number of rotatable bonds is 2. The van der Waals surface area contributed by atoms with Crippen LogP contribution in [0.15, 0.2) is 42.7 Å². The summed E-state index contributed by atoms with van der Waals surface area (Å²) in [6.07, 6.45) is 3.26. The number of allylic oxidation sites excluding steroid dienone is 1. The highest BCUT2D eigenvalue weighted by Crippen LogP contribution is 2.27. The lowest BCUT2D eigenvalue weighted by Crippen LogP contribution is -2.02. The second-order valence-electron chi connectivity index (χ2n) is 3.76. The first-order chi connectivity index (χ1) is 9.13. The molecule has 5 heteroatoms. The maximum atomic E-state index is 9.33. The van der Waals surface area contributed by atoms with Gasteiger partial charge in [0.25, 0.3) is 0 Å². The van der Waals surface area contributed by atoms with Crippen LogP contribution in [0.4, 0.5) is 0 Å². The first-order valence-corrected chi connectivity index (χ1v) is 6.85. The lowest BCUT2D eigenvalue weighted by molar-refractivity contribution is 1.31. The minimum atomic E-state index is 0.417. The largest absolute Gasteiger partial charge is 0.397 e. The predicted octanol–water partition coefficient (Wildman–Crippen LogP) is 3.69. The molecule has 0 saturated heterocycles. The molecule has 0 radical (unpaired) electrons. The van der Waals surface area contributed by atoms with E-state index in [9.17, 15) is 5.26 Å². The fraction of sp³-hybridized carbons (Fsp3) is 0. The molecule has 0 spiro atoms. The van der Waals surface area contributed by atoms with Crippen molar-refractivity contribution in [1.29, 1.82) is 5.26 Å². The van der Waals surface area contributed by atoms with Crippen LogP contribution in [-0.4, -0.2) is 4.98 Å². The summed E-state index contributed by atoms with van der Waals surface area (Å²) in [7, 11) is 0. The maximum Gasteiger partial charge on any atom is 0.102 e. The predicted molar refractivity (Wildman–Crippen MR) is 85.0 cm³/mol. The van der Waals surface area contributed by atoms with Gasteiger partial charge in [0.15, 0.2) is 0 Å². The number of pyridine rings is 1. The molecule has 2 rings (SSSR count). The lowest BCUT2D eigenvalue weighted by atomic mass is 10.0. The molecule has 0 aliphatic rings. The Hall–Kier alpha value is -1.58. The van der Waals surface area contributed by atoms with E-state index < -0.39 is 0 Å². The van der Waals surface area contributed by atoms with E-state index in [-0.39, 0.29) is 0 Å². The molecule has 19 heavy (non-hydrogen) atoms. The molecule has 0 unspecified atom stereocenters. The van der Waals surface area contributed by atoms with Gasteiger partial charge in [-0.3, -0.25) is 4.98 Å². The molecule has 1 aromatic heterocycles. The molecule has 0 aliphatic heterocycles. The van der Waals surface area contributed by atoms with Gasteiger partial charge in [0.05, 0.1) is 11.3 Å². The quantitative estimate of drug-likeness (QED) is 0.637. The van der Waals surface area contributed by atoms with Crippen LogP contribution in [0.3, 0.4) is 0 Å². The Balaban J connectivity index is 2.62. The number of nitrogens with zero attached hydrogens (tertiary/aromatic N) is 2. The van der Waals surface area contributed by atoms with Gasteiger partial charge < -0.3 is 5.73 Å². The Morgan fingerprint density at radius 3 is 2.58 bits per heavy atom. The first-order valence-electron chi connectivity index (χ1n) is 5.39. The smallest absolute Gasteiger partial charge is 0.102 e. The zero-order valence-electron chi connectivity index (χ0n) is 9.77. The number of aromatic nitrogens is 1. The molecule has 0 fully saturated rings. The number of hydrogen-bond acceptors (Lipinski definition) is 3. The fourth-order valence-corrected chi connectivity index (χ4v) is 2.44. The molecule has 94 valence electrons. The van der Waals surface area contributed by atoms with E-state index in [1.54, 1.807) is 36.7 Å². The van der Waals surface area contributed by atoms with Crippen LogP contribution in [-0.2, 0) is 0 Å². The van der Waals surface area contributed by atoms with Gasteiger partial charge in [-0.2, -0.15) is 5.26 Å². The van der Waals surface area contributed by atoms with E-state index in [0.29, 0.717) is 16.3 Å². The average Bonchev–Trinajstić information content (AvgIpc) is 2.43. The molecule has 1 aromatic carbocycles. The van der Waals surface area contributed by atoms with Crippen LogP contribution >= 0.6 is 34.2 Å². The van der Waals surface area contributed by atoms with E-state index >= 15 is 0 Å². The van der Waals surface area contributed by atoms with Crippen molar-refractivity contribution in [2.45, 2.75) is 0 Å². The zero-order chi connectivity index (χ0) is 13.8. The number of hydrogen-bond donors (Lipinski definition) is 1. The summed E-state index contributed by atoms with van der Waals surface area (Å²) in [5.74, 6) is 0. The Labute approximate surface area is 129 Å². The Bertz CT molecular complexity index is 675. The van der Waals surface area contributed by atoms with Crippen LogP contribution in [0.25, 0.3) is 11.3 Å². The maximum absolute atomic E-state index is 9.33. The minimum absolute atomic E-state index is 0.417. The summed E-state index contributed by atoms with van der Waals surface area (Å²) in [5.41, 5.74) is 8.47. The van der Waals surface area contributed by atoms with Crippen molar-refractivity contribution < 1.29 is 0 Å². The SMILES string of the molecule is N#C/C(=C(/N)c1cc(Cl)ccc1I)c1ccncc1. The van der Waals surface area contributed by atoms with E-state index in [1.807, 2.05) is 6.07 Å². The second-order valence-corrected chi connectivity index (χ2v) is 5.36. The molecule has 3 nitrogen and oxygen atoms in total. The number of nitriles is 1. The van der Waals surface area contributed by atoms with Gasteiger partial charge >= 0.3 is 0 Å². The van der Waals surface area contributed by atoms with Crippen LogP contribution in [0.2, 0.25) is 5.02 Å².